The number of nitrogens with one attached hydrogen (secondary N) is 1. The second-order valence-electron chi connectivity index (χ2n) is 4.16. The SMILES string of the molecule is CCC1=NCCC1.CCC1CCC=CN1. The van der Waals surface area contributed by atoms with Gasteiger partial charge >= 0.3 is 0 Å². The fourth-order valence-corrected chi connectivity index (χ4v) is 1.88. The van der Waals surface area contributed by atoms with E-state index in [0.717, 1.165) is 12.6 Å². The summed E-state index contributed by atoms with van der Waals surface area (Å²) in [6.07, 6.45) is 11.8. The summed E-state index contributed by atoms with van der Waals surface area (Å²) < 4.78 is 0. The van der Waals surface area contributed by atoms with Crippen molar-refractivity contribution < 1.29 is 0 Å². The van der Waals surface area contributed by atoms with Gasteiger partial charge in [0.15, 0.2) is 0 Å². The van der Waals surface area contributed by atoms with Crippen molar-refractivity contribution in [2.24, 2.45) is 4.99 Å². The lowest BCUT2D eigenvalue weighted by molar-refractivity contribution is 0.512. The van der Waals surface area contributed by atoms with Gasteiger partial charge in [0.2, 0.25) is 0 Å². The van der Waals surface area contributed by atoms with Gasteiger partial charge in [-0.3, -0.25) is 4.99 Å². The smallest absolute Gasteiger partial charge is 0.0392 e. The number of hydrogen-bond acceptors (Lipinski definition) is 2. The first kappa shape index (κ1) is 12.3. The van der Waals surface area contributed by atoms with Gasteiger partial charge in [-0.2, -0.15) is 0 Å². The normalized spacial score (nSPS) is 23.9. The van der Waals surface area contributed by atoms with Crippen molar-refractivity contribution in [3.05, 3.63) is 12.3 Å². The highest BCUT2D eigenvalue weighted by Crippen LogP contribution is 2.06. The first-order valence-electron chi connectivity index (χ1n) is 6.30. The van der Waals surface area contributed by atoms with Gasteiger partial charge in [0.1, 0.15) is 0 Å². The number of nitrogens with zero attached hydrogens (tertiary/aromatic N) is 1. The van der Waals surface area contributed by atoms with Crippen LogP contribution in [0.15, 0.2) is 17.3 Å². The molecule has 2 nitrogen and oxygen atoms in total. The molecular formula is C13H24N2. The molecule has 2 aliphatic heterocycles. The molecule has 15 heavy (non-hydrogen) atoms. The summed E-state index contributed by atoms with van der Waals surface area (Å²) in [6, 6.07) is 0.750. The third-order valence-electron chi connectivity index (χ3n) is 2.99. The van der Waals surface area contributed by atoms with E-state index in [9.17, 15) is 0 Å². The third kappa shape index (κ3) is 5.01. The van der Waals surface area contributed by atoms with Gasteiger partial charge in [-0.1, -0.05) is 19.9 Å². The van der Waals surface area contributed by atoms with Gasteiger partial charge in [0.05, 0.1) is 0 Å². The minimum Gasteiger partial charge on any atom is -0.388 e. The van der Waals surface area contributed by atoms with E-state index in [1.807, 2.05) is 0 Å². The van der Waals surface area contributed by atoms with E-state index in [-0.39, 0.29) is 0 Å². The van der Waals surface area contributed by atoms with Crippen LogP contribution in [0.5, 0.6) is 0 Å². The maximum atomic E-state index is 4.27. The van der Waals surface area contributed by atoms with Crippen molar-refractivity contribution in [3.8, 4) is 0 Å². The van der Waals surface area contributed by atoms with Gasteiger partial charge < -0.3 is 5.32 Å². The molecule has 86 valence electrons. The van der Waals surface area contributed by atoms with E-state index in [1.165, 1.54) is 44.2 Å². The maximum Gasteiger partial charge on any atom is 0.0392 e. The van der Waals surface area contributed by atoms with Crippen LogP contribution in [0.2, 0.25) is 0 Å². The summed E-state index contributed by atoms with van der Waals surface area (Å²) in [5.41, 5.74) is 1.42. The molecule has 0 saturated carbocycles. The monoisotopic (exact) mass is 208 g/mol. The van der Waals surface area contributed by atoms with Crippen LogP contribution in [0.4, 0.5) is 0 Å². The zero-order chi connectivity index (χ0) is 10.9. The lowest BCUT2D eigenvalue weighted by Crippen LogP contribution is -2.25. The Bertz CT molecular complexity index is 219. The fourth-order valence-electron chi connectivity index (χ4n) is 1.88. The molecule has 0 amide bonds. The summed E-state index contributed by atoms with van der Waals surface area (Å²) in [5, 5.41) is 3.29. The predicted molar refractivity (Wildman–Crippen MR) is 67.4 cm³/mol. The molecule has 0 fully saturated rings. The molecule has 0 saturated heterocycles. The van der Waals surface area contributed by atoms with Crippen LogP contribution in [-0.4, -0.2) is 18.3 Å². The summed E-state index contributed by atoms with van der Waals surface area (Å²) >= 11 is 0. The maximum absolute atomic E-state index is 4.27. The Labute approximate surface area is 93.9 Å². The zero-order valence-corrected chi connectivity index (χ0v) is 10.1. The Kier molecular flexibility index (Phi) is 6.14. The Morgan fingerprint density at radius 3 is 2.67 bits per heavy atom. The Hall–Kier alpha value is -0.790. The number of aliphatic imine (C=N–C) groups is 1. The first-order valence-corrected chi connectivity index (χ1v) is 6.30. The summed E-state index contributed by atoms with van der Waals surface area (Å²) in [4.78, 5) is 4.27. The molecule has 2 heteroatoms. The Balaban J connectivity index is 0.000000151. The average molecular weight is 208 g/mol. The summed E-state index contributed by atoms with van der Waals surface area (Å²) in [5.74, 6) is 0. The number of allylic oxidation sites excluding steroid dienone is 1. The van der Waals surface area contributed by atoms with Crippen molar-refractivity contribution in [3.63, 3.8) is 0 Å². The zero-order valence-electron chi connectivity index (χ0n) is 10.1. The molecule has 2 rings (SSSR count). The van der Waals surface area contributed by atoms with Crippen LogP contribution in [0, 0.1) is 0 Å². The Morgan fingerprint density at radius 2 is 2.33 bits per heavy atom. The van der Waals surface area contributed by atoms with Crippen molar-refractivity contribution in [2.75, 3.05) is 6.54 Å². The molecule has 0 spiro atoms. The minimum atomic E-state index is 0.750. The second kappa shape index (κ2) is 7.49. The topological polar surface area (TPSA) is 24.4 Å². The van der Waals surface area contributed by atoms with Gasteiger partial charge in [-0.15, -0.1) is 0 Å². The van der Waals surface area contributed by atoms with Gasteiger partial charge in [-0.25, -0.2) is 0 Å². The highest BCUT2D eigenvalue weighted by Gasteiger charge is 2.03. The van der Waals surface area contributed by atoms with Crippen LogP contribution < -0.4 is 5.32 Å². The van der Waals surface area contributed by atoms with E-state index in [2.05, 4.69) is 36.4 Å². The van der Waals surface area contributed by atoms with Crippen molar-refractivity contribution in [1.29, 1.82) is 0 Å². The summed E-state index contributed by atoms with van der Waals surface area (Å²) in [7, 11) is 0. The van der Waals surface area contributed by atoms with Gasteiger partial charge in [-0.05, 0) is 44.7 Å². The van der Waals surface area contributed by atoms with E-state index in [1.54, 1.807) is 0 Å². The molecule has 0 bridgehead atoms. The molecule has 1 unspecified atom stereocenters. The number of rotatable bonds is 2. The van der Waals surface area contributed by atoms with Crippen molar-refractivity contribution >= 4 is 5.71 Å². The number of hydrogen-bond donors (Lipinski definition) is 1. The van der Waals surface area contributed by atoms with E-state index in [0.29, 0.717) is 0 Å². The lowest BCUT2D eigenvalue weighted by atomic mass is 10.1. The highest BCUT2D eigenvalue weighted by molar-refractivity contribution is 5.85. The van der Waals surface area contributed by atoms with Crippen LogP contribution in [0.3, 0.4) is 0 Å². The second-order valence-corrected chi connectivity index (χ2v) is 4.16. The molecule has 2 heterocycles. The fraction of sp³-hybridized carbons (Fsp3) is 0.769. The van der Waals surface area contributed by atoms with E-state index >= 15 is 0 Å². The first-order chi connectivity index (χ1) is 7.36. The Morgan fingerprint density at radius 1 is 1.47 bits per heavy atom. The van der Waals surface area contributed by atoms with E-state index in [4.69, 9.17) is 0 Å². The van der Waals surface area contributed by atoms with Crippen LogP contribution in [0.25, 0.3) is 0 Å². The molecule has 0 aliphatic carbocycles. The van der Waals surface area contributed by atoms with E-state index < -0.39 is 0 Å². The molecular weight excluding hydrogens is 184 g/mol. The molecule has 1 atom stereocenters. The van der Waals surface area contributed by atoms with Crippen molar-refractivity contribution in [2.45, 2.75) is 58.4 Å². The van der Waals surface area contributed by atoms with Crippen molar-refractivity contribution in [1.82, 2.24) is 5.32 Å². The van der Waals surface area contributed by atoms with Crippen LogP contribution >= 0.6 is 0 Å². The van der Waals surface area contributed by atoms with Crippen LogP contribution in [0.1, 0.15) is 52.4 Å². The van der Waals surface area contributed by atoms with Gasteiger partial charge in [0, 0.05) is 18.3 Å². The average Bonchev–Trinajstić information content (AvgIpc) is 2.84. The molecule has 0 aromatic carbocycles. The van der Waals surface area contributed by atoms with Gasteiger partial charge in [0.25, 0.3) is 0 Å². The molecule has 2 aliphatic rings. The third-order valence-corrected chi connectivity index (χ3v) is 2.99. The standard InChI is InChI=1S/C7H13N.C6H11N/c1-2-7-5-3-4-6-8-7;1-2-6-4-3-5-7-6/h4,6-8H,2-3,5H2,1H3;2-5H2,1H3. The highest BCUT2D eigenvalue weighted by atomic mass is 14.9. The lowest BCUT2D eigenvalue weighted by Gasteiger charge is -2.17. The largest absolute Gasteiger partial charge is 0.388 e. The quantitative estimate of drug-likeness (QED) is 0.740. The molecule has 0 aromatic heterocycles. The molecule has 0 aromatic rings. The molecule has 0 radical (unpaired) electrons. The predicted octanol–water partition coefficient (Wildman–Crippen LogP) is 3.29. The minimum absolute atomic E-state index is 0.750. The molecule has 1 N–H and O–H groups in total. The van der Waals surface area contributed by atoms with Crippen LogP contribution in [-0.2, 0) is 0 Å². The summed E-state index contributed by atoms with van der Waals surface area (Å²) in [6.45, 7) is 5.48.